The number of fused-ring (bicyclic) bond motifs is 1. The second-order valence-electron chi connectivity index (χ2n) is 6.68. The highest BCUT2D eigenvalue weighted by molar-refractivity contribution is 7.18. The molecule has 2 saturated heterocycles. The number of rotatable bonds is 3. The molecule has 0 spiro atoms. The van der Waals surface area contributed by atoms with E-state index in [1.165, 1.54) is 4.88 Å². The molecule has 0 aliphatic carbocycles. The summed E-state index contributed by atoms with van der Waals surface area (Å²) in [5.74, 6) is 1.47. The number of aryl methyl sites for hydroxylation is 1. The van der Waals surface area contributed by atoms with Gasteiger partial charge in [-0.2, -0.15) is 0 Å². The fourth-order valence-electron chi connectivity index (χ4n) is 3.70. The van der Waals surface area contributed by atoms with Gasteiger partial charge < -0.3 is 14.5 Å². The molecule has 0 aromatic carbocycles. The second kappa shape index (κ2) is 7.25. The first-order chi connectivity index (χ1) is 12.3. The Morgan fingerprint density at radius 1 is 1.24 bits per heavy atom. The van der Waals surface area contributed by atoms with Gasteiger partial charge in [0.05, 0.1) is 18.6 Å². The maximum atomic E-state index is 12.7. The van der Waals surface area contributed by atoms with Crippen LogP contribution in [0.15, 0.2) is 12.4 Å². The first-order valence-electron chi connectivity index (χ1n) is 9.11. The zero-order chi connectivity index (χ0) is 17.2. The molecule has 134 valence electrons. The highest BCUT2D eigenvalue weighted by Gasteiger charge is 2.30. The topological polar surface area (TPSA) is 58.6 Å². The van der Waals surface area contributed by atoms with Gasteiger partial charge in [-0.3, -0.25) is 4.79 Å². The van der Waals surface area contributed by atoms with E-state index in [2.05, 4.69) is 27.9 Å². The summed E-state index contributed by atoms with van der Waals surface area (Å²) in [5, 5.41) is 1.15. The summed E-state index contributed by atoms with van der Waals surface area (Å²) in [7, 11) is 0. The third-order valence-corrected chi connectivity index (χ3v) is 6.36. The van der Waals surface area contributed by atoms with E-state index < -0.39 is 0 Å². The van der Waals surface area contributed by atoms with E-state index in [1.807, 2.05) is 4.90 Å². The Labute approximate surface area is 151 Å². The van der Waals surface area contributed by atoms with Crippen LogP contribution in [0, 0.1) is 5.92 Å². The molecule has 7 heteroatoms. The van der Waals surface area contributed by atoms with Crippen molar-refractivity contribution in [1.29, 1.82) is 0 Å². The molecular weight excluding hydrogens is 336 g/mol. The molecule has 4 heterocycles. The van der Waals surface area contributed by atoms with Gasteiger partial charge in [-0.25, -0.2) is 9.97 Å². The number of carbonyl (C=O) groups excluding carboxylic acids is 1. The second-order valence-corrected chi connectivity index (χ2v) is 7.80. The number of ether oxygens (including phenoxy) is 1. The third-order valence-electron chi connectivity index (χ3n) is 5.17. The number of anilines is 1. The lowest BCUT2D eigenvalue weighted by Crippen LogP contribution is -2.47. The van der Waals surface area contributed by atoms with Crippen molar-refractivity contribution in [1.82, 2.24) is 14.9 Å². The highest BCUT2D eigenvalue weighted by Crippen LogP contribution is 2.32. The van der Waals surface area contributed by atoms with Crippen molar-refractivity contribution in [2.24, 2.45) is 5.92 Å². The molecule has 0 atom stereocenters. The van der Waals surface area contributed by atoms with Crippen LogP contribution >= 0.6 is 11.3 Å². The van der Waals surface area contributed by atoms with E-state index in [9.17, 15) is 4.79 Å². The van der Waals surface area contributed by atoms with Gasteiger partial charge in [-0.15, -0.1) is 11.3 Å². The number of aromatic nitrogens is 2. The van der Waals surface area contributed by atoms with E-state index in [0.717, 1.165) is 61.5 Å². The molecule has 0 bridgehead atoms. The number of carbonyl (C=O) groups is 1. The minimum absolute atomic E-state index is 0.139. The molecular formula is C18H24N4O2S. The van der Waals surface area contributed by atoms with Crippen LogP contribution in [-0.2, 0) is 16.0 Å². The van der Waals surface area contributed by atoms with Gasteiger partial charge >= 0.3 is 0 Å². The number of hydrogen-bond donors (Lipinski definition) is 0. The normalized spacial score (nSPS) is 19.6. The first-order valence-corrected chi connectivity index (χ1v) is 9.93. The van der Waals surface area contributed by atoms with Crippen molar-refractivity contribution in [2.75, 3.05) is 44.3 Å². The van der Waals surface area contributed by atoms with Gasteiger partial charge in [0.1, 0.15) is 17.0 Å². The van der Waals surface area contributed by atoms with Gasteiger partial charge in [-0.05, 0) is 25.3 Å². The van der Waals surface area contributed by atoms with Crippen LogP contribution < -0.4 is 4.90 Å². The van der Waals surface area contributed by atoms with Crippen LogP contribution in [0.3, 0.4) is 0 Å². The molecule has 25 heavy (non-hydrogen) atoms. The summed E-state index contributed by atoms with van der Waals surface area (Å²) >= 11 is 1.75. The number of thiophene rings is 1. The van der Waals surface area contributed by atoms with Crippen LogP contribution in [0.4, 0.5) is 5.82 Å². The fourth-order valence-corrected chi connectivity index (χ4v) is 4.63. The van der Waals surface area contributed by atoms with Crippen molar-refractivity contribution in [3.05, 3.63) is 17.3 Å². The number of amides is 1. The quantitative estimate of drug-likeness (QED) is 0.841. The molecule has 2 aromatic heterocycles. The van der Waals surface area contributed by atoms with E-state index in [0.29, 0.717) is 19.1 Å². The number of nitrogens with zero attached hydrogens (tertiary/aromatic N) is 4. The van der Waals surface area contributed by atoms with Gasteiger partial charge in [0.25, 0.3) is 0 Å². The Kier molecular flexibility index (Phi) is 4.85. The Bertz CT molecular complexity index is 749. The molecule has 4 rings (SSSR count). The van der Waals surface area contributed by atoms with E-state index in [-0.39, 0.29) is 5.92 Å². The smallest absolute Gasteiger partial charge is 0.225 e. The Balaban J connectivity index is 1.45. The largest absolute Gasteiger partial charge is 0.378 e. The summed E-state index contributed by atoms with van der Waals surface area (Å²) in [6, 6.07) is 2.22. The monoisotopic (exact) mass is 360 g/mol. The minimum Gasteiger partial charge on any atom is -0.378 e. The average Bonchev–Trinajstić information content (AvgIpc) is 3.12. The Hall–Kier alpha value is -1.73. The van der Waals surface area contributed by atoms with E-state index in [4.69, 9.17) is 4.74 Å². The van der Waals surface area contributed by atoms with Gasteiger partial charge in [-0.1, -0.05) is 6.92 Å². The zero-order valence-corrected chi connectivity index (χ0v) is 15.4. The minimum atomic E-state index is 0.139. The number of hydrogen-bond acceptors (Lipinski definition) is 6. The highest BCUT2D eigenvalue weighted by atomic mass is 32.1. The summed E-state index contributed by atoms with van der Waals surface area (Å²) in [5.41, 5.74) is 0. The molecule has 2 aromatic rings. The molecule has 6 nitrogen and oxygen atoms in total. The predicted octanol–water partition coefficient (Wildman–Crippen LogP) is 2.33. The molecule has 0 saturated carbocycles. The maximum absolute atomic E-state index is 12.7. The molecule has 1 amide bonds. The van der Waals surface area contributed by atoms with Crippen molar-refractivity contribution >= 4 is 33.3 Å². The van der Waals surface area contributed by atoms with Crippen LogP contribution in [0.1, 0.15) is 24.6 Å². The van der Waals surface area contributed by atoms with Crippen LogP contribution in [0.25, 0.3) is 10.2 Å². The van der Waals surface area contributed by atoms with Crippen LogP contribution in [0.2, 0.25) is 0 Å². The van der Waals surface area contributed by atoms with Crippen molar-refractivity contribution in [3.8, 4) is 0 Å². The van der Waals surface area contributed by atoms with Gasteiger partial charge in [0.2, 0.25) is 5.91 Å². The molecule has 0 radical (unpaired) electrons. The van der Waals surface area contributed by atoms with E-state index in [1.54, 1.807) is 17.7 Å². The molecule has 2 aliphatic rings. The van der Waals surface area contributed by atoms with E-state index >= 15 is 0 Å². The molecule has 2 fully saturated rings. The lowest BCUT2D eigenvalue weighted by Gasteiger charge is -2.36. The summed E-state index contributed by atoms with van der Waals surface area (Å²) in [4.78, 5) is 28.3. The number of morpholine rings is 1. The lowest BCUT2D eigenvalue weighted by molar-refractivity contribution is -0.140. The first kappa shape index (κ1) is 16.7. The SMILES string of the molecule is CCc1cc2c(N3CCC(C(=O)N4CCOCC4)CC3)ncnc2s1. The van der Waals surface area contributed by atoms with Crippen LogP contribution in [-0.4, -0.2) is 60.2 Å². The standard InChI is InChI=1S/C18H24N4O2S/c1-2-14-11-15-16(19-12-20-17(15)25-14)21-5-3-13(4-6-21)18(23)22-7-9-24-10-8-22/h11-13H,2-10H2,1H3. The Morgan fingerprint density at radius 3 is 2.72 bits per heavy atom. The zero-order valence-electron chi connectivity index (χ0n) is 14.6. The lowest BCUT2D eigenvalue weighted by atomic mass is 9.95. The predicted molar refractivity (Wildman–Crippen MR) is 99.1 cm³/mol. The fraction of sp³-hybridized carbons (Fsp3) is 0.611. The van der Waals surface area contributed by atoms with Crippen molar-refractivity contribution in [3.63, 3.8) is 0 Å². The average molecular weight is 360 g/mol. The molecule has 0 N–H and O–H groups in total. The van der Waals surface area contributed by atoms with Crippen LogP contribution in [0.5, 0.6) is 0 Å². The summed E-state index contributed by atoms with van der Waals surface area (Å²) in [6.45, 7) is 6.73. The van der Waals surface area contributed by atoms with Crippen molar-refractivity contribution in [2.45, 2.75) is 26.2 Å². The van der Waals surface area contributed by atoms with Gasteiger partial charge in [0.15, 0.2) is 0 Å². The van der Waals surface area contributed by atoms with Crippen molar-refractivity contribution < 1.29 is 9.53 Å². The Morgan fingerprint density at radius 2 is 2.00 bits per heavy atom. The molecule has 0 unspecified atom stereocenters. The number of piperidine rings is 1. The summed E-state index contributed by atoms with van der Waals surface area (Å²) in [6.07, 6.45) is 4.48. The van der Waals surface area contributed by atoms with Gasteiger partial charge in [0, 0.05) is 37.0 Å². The summed E-state index contributed by atoms with van der Waals surface area (Å²) < 4.78 is 5.35. The maximum Gasteiger partial charge on any atom is 0.225 e. The third kappa shape index (κ3) is 3.35. The molecule has 2 aliphatic heterocycles.